The van der Waals surface area contributed by atoms with Crippen molar-refractivity contribution in [1.82, 2.24) is 0 Å². The maximum atomic E-state index is 6.26. The number of para-hydroxylation sites is 1. The molecule has 0 saturated heterocycles. The van der Waals surface area contributed by atoms with Gasteiger partial charge in [-0.25, -0.2) is 0 Å². The molecule has 0 atom stereocenters. The van der Waals surface area contributed by atoms with E-state index in [2.05, 4.69) is 187 Å². The first-order chi connectivity index (χ1) is 25.8. The van der Waals surface area contributed by atoms with Crippen LogP contribution in [0.1, 0.15) is 0 Å². The van der Waals surface area contributed by atoms with E-state index in [-0.39, 0.29) is 0 Å². The molecule has 9 aromatic carbocycles. The van der Waals surface area contributed by atoms with E-state index in [4.69, 9.17) is 4.42 Å². The Morgan fingerprint density at radius 2 is 0.885 bits per heavy atom. The smallest absolute Gasteiger partial charge is 0.136 e. The maximum absolute atomic E-state index is 6.26. The molecule has 0 bridgehead atoms. The van der Waals surface area contributed by atoms with Crippen molar-refractivity contribution in [2.45, 2.75) is 0 Å². The molecule has 0 fully saturated rings. The van der Waals surface area contributed by atoms with Gasteiger partial charge < -0.3 is 9.32 Å². The van der Waals surface area contributed by atoms with Gasteiger partial charge in [0.15, 0.2) is 0 Å². The van der Waals surface area contributed by atoms with Gasteiger partial charge in [0.1, 0.15) is 11.3 Å². The van der Waals surface area contributed by atoms with Crippen LogP contribution in [-0.2, 0) is 0 Å². The predicted molar refractivity (Wildman–Crippen MR) is 220 cm³/mol. The number of furan rings is 1. The summed E-state index contributed by atoms with van der Waals surface area (Å²) in [5, 5.41) is 8.56. The van der Waals surface area contributed by atoms with Gasteiger partial charge in [-0.3, -0.25) is 0 Å². The molecule has 2 nitrogen and oxygen atoms in total. The zero-order chi connectivity index (χ0) is 34.4. The minimum absolute atomic E-state index is 0.881. The molecule has 0 aliphatic rings. The Kier molecular flexibility index (Phi) is 7.18. The Hall–Kier alpha value is -6.90. The number of nitrogens with zero attached hydrogens (tertiary/aromatic N) is 1. The molecular formula is C50H33NO. The predicted octanol–water partition coefficient (Wildman–Crippen LogP) is 14.4. The van der Waals surface area contributed by atoms with Gasteiger partial charge >= 0.3 is 0 Å². The summed E-state index contributed by atoms with van der Waals surface area (Å²) < 4.78 is 6.26. The van der Waals surface area contributed by atoms with Crippen molar-refractivity contribution in [3.05, 3.63) is 200 Å². The van der Waals surface area contributed by atoms with Crippen LogP contribution >= 0.6 is 0 Å². The molecule has 10 aromatic rings. The third-order valence-electron chi connectivity index (χ3n) is 10.3. The highest BCUT2D eigenvalue weighted by Crippen LogP contribution is 2.42. The Morgan fingerprint density at radius 1 is 0.327 bits per heavy atom. The van der Waals surface area contributed by atoms with Crippen molar-refractivity contribution in [3.8, 4) is 33.6 Å². The van der Waals surface area contributed by atoms with Gasteiger partial charge in [0.2, 0.25) is 0 Å². The fraction of sp³-hybridized carbons (Fsp3) is 0. The number of hydrogen-bond acceptors (Lipinski definition) is 2. The molecule has 1 heterocycles. The number of fused-ring (bicyclic) bond motifs is 5. The second kappa shape index (κ2) is 12.5. The van der Waals surface area contributed by atoms with Gasteiger partial charge in [0.05, 0.1) is 5.69 Å². The van der Waals surface area contributed by atoms with E-state index in [1.807, 2.05) is 18.2 Å². The van der Waals surface area contributed by atoms with Crippen LogP contribution in [0.3, 0.4) is 0 Å². The van der Waals surface area contributed by atoms with Gasteiger partial charge in [-0.05, 0) is 91.6 Å². The Bertz CT molecular complexity index is 2860. The van der Waals surface area contributed by atoms with Gasteiger partial charge in [-0.2, -0.15) is 0 Å². The summed E-state index contributed by atoms with van der Waals surface area (Å²) in [7, 11) is 0. The van der Waals surface area contributed by atoms with Crippen molar-refractivity contribution >= 4 is 60.3 Å². The standard InChI is InChI=1S/C50H33NO/c1-4-14-43-37(11-1)24-25-39-32-42(30-31-45(39)43)51(48-18-9-13-36-10-2-5-16-46(36)48)41-28-26-35(27-29-41)34-20-22-38(23-21-34)44-15-6-7-17-47(44)50-33-40-12-3-8-19-49(40)52-50/h1-33H. The Labute approximate surface area is 302 Å². The maximum Gasteiger partial charge on any atom is 0.136 e. The van der Waals surface area contributed by atoms with Crippen LogP contribution in [0, 0.1) is 0 Å². The minimum Gasteiger partial charge on any atom is -0.456 e. The van der Waals surface area contributed by atoms with Crippen LogP contribution in [0.15, 0.2) is 205 Å². The zero-order valence-corrected chi connectivity index (χ0v) is 28.4. The fourth-order valence-electron chi connectivity index (χ4n) is 7.68. The molecule has 1 aromatic heterocycles. The summed E-state index contributed by atoms with van der Waals surface area (Å²) in [5.41, 5.74) is 10.0. The fourth-order valence-corrected chi connectivity index (χ4v) is 7.68. The summed E-state index contributed by atoms with van der Waals surface area (Å²) >= 11 is 0. The van der Waals surface area contributed by atoms with Gasteiger partial charge in [0.25, 0.3) is 0 Å². The summed E-state index contributed by atoms with van der Waals surface area (Å²) in [6.07, 6.45) is 0. The van der Waals surface area contributed by atoms with Crippen LogP contribution in [0.25, 0.3) is 76.9 Å². The van der Waals surface area contributed by atoms with Crippen LogP contribution in [0.4, 0.5) is 17.1 Å². The summed E-state index contributed by atoms with van der Waals surface area (Å²) in [4.78, 5) is 2.39. The second-order valence-electron chi connectivity index (χ2n) is 13.3. The van der Waals surface area contributed by atoms with E-state index >= 15 is 0 Å². The van der Waals surface area contributed by atoms with E-state index in [1.54, 1.807) is 0 Å². The van der Waals surface area contributed by atoms with Crippen LogP contribution in [0.5, 0.6) is 0 Å². The molecule has 0 amide bonds. The normalized spacial score (nSPS) is 11.5. The lowest BCUT2D eigenvalue weighted by Crippen LogP contribution is -2.10. The highest BCUT2D eigenvalue weighted by Gasteiger charge is 2.17. The number of benzene rings is 9. The monoisotopic (exact) mass is 663 g/mol. The molecule has 244 valence electrons. The van der Waals surface area contributed by atoms with Crippen molar-refractivity contribution < 1.29 is 4.42 Å². The summed E-state index contributed by atoms with van der Waals surface area (Å²) in [6.45, 7) is 0. The summed E-state index contributed by atoms with van der Waals surface area (Å²) in [6, 6.07) is 71.7. The highest BCUT2D eigenvalue weighted by molar-refractivity contribution is 6.09. The molecule has 10 rings (SSSR count). The molecule has 52 heavy (non-hydrogen) atoms. The summed E-state index contributed by atoms with van der Waals surface area (Å²) in [5.74, 6) is 0.881. The first-order valence-electron chi connectivity index (χ1n) is 17.8. The number of hydrogen-bond donors (Lipinski definition) is 0. The van der Waals surface area contributed by atoms with E-state index in [0.29, 0.717) is 0 Å². The van der Waals surface area contributed by atoms with Crippen LogP contribution < -0.4 is 4.90 Å². The van der Waals surface area contributed by atoms with Gasteiger partial charge in [-0.1, -0.05) is 158 Å². The average molecular weight is 664 g/mol. The van der Waals surface area contributed by atoms with Gasteiger partial charge in [0, 0.05) is 27.7 Å². The quantitative estimate of drug-likeness (QED) is 0.165. The molecule has 0 aliphatic carbocycles. The van der Waals surface area contributed by atoms with Crippen molar-refractivity contribution in [2.24, 2.45) is 0 Å². The third-order valence-corrected chi connectivity index (χ3v) is 10.3. The highest BCUT2D eigenvalue weighted by atomic mass is 16.3. The first kappa shape index (κ1) is 30.0. The molecule has 0 radical (unpaired) electrons. The van der Waals surface area contributed by atoms with E-state index < -0.39 is 0 Å². The molecule has 0 spiro atoms. The lowest BCUT2D eigenvalue weighted by molar-refractivity contribution is 0.632. The topological polar surface area (TPSA) is 16.4 Å². The van der Waals surface area contributed by atoms with Crippen molar-refractivity contribution in [1.29, 1.82) is 0 Å². The lowest BCUT2D eigenvalue weighted by atomic mass is 9.95. The van der Waals surface area contributed by atoms with E-state index in [9.17, 15) is 0 Å². The second-order valence-corrected chi connectivity index (χ2v) is 13.3. The van der Waals surface area contributed by atoms with E-state index in [0.717, 1.165) is 50.5 Å². The molecular weight excluding hydrogens is 631 g/mol. The number of anilines is 3. The van der Waals surface area contributed by atoms with E-state index in [1.165, 1.54) is 43.4 Å². The van der Waals surface area contributed by atoms with Crippen LogP contribution in [-0.4, -0.2) is 0 Å². The lowest BCUT2D eigenvalue weighted by Gasteiger charge is -2.27. The third kappa shape index (κ3) is 5.21. The largest absolute Gasteiger partial charge is 0.456 e. The van der Waals surface area contributed by atoms with Crippen molar-refractivity contribution in [2.75, 3.05) is 4.90 Å². The average Bonchev–Trinajstić information content (AvgIpc) is 3.66. The SMILES string of the molecule is c1ccc(-c2cc3ccccc3o2)c(-c2ccc(-c3ccc(N(c4ccc5c(ccc6ccccc65)c4)c4cccc5ccccc45)cc3)cc2)c1. The molecule has 2 heteroatoms. The minimum atomic E-state index is 0.881. The van der Waals surface area contributed by atoms with Crippen LogP contribution in [0.2, 0.25) is 0 Å². The molecule has 0 N–H and O–H groups in total. The molecule has 0 aliphatic heterocycles. The molecule has 0 unspecified atom stereocenters. The van der Waals surface area contributed by atoms with Gasteiger partial charge in [-0.15, -0.1) is 0 Å². The molecule has 0 saturated carbocycles. The number of rotatable bonds is 6. The zero-order valence-electron chi connectivity index (χ0n) is 28.4. The first-order valence-corrected chi connectivity index (χ1v) is 17.8. The van der Waals surface area contributed by atoms with Crippen molar-refractivity contribution in [3.63, 3.8) is 0 Å². The Balaban J connectivity index is 1.02. The Morgan fingerprint density at radius 3 is 1.67 bits per heavy atom.